The predicted molar refractivity (Wildman–Crippen MR) is 100 cm³/mol. The number of benzene rings is 1. The highest BCUT2D eigenvalue weighted by Gasteiger charge is 2.06. The van der Waals surface area contributed by atoms with Crippen LogP contribution in [0.5, 0.6) is 0 Å². The summed E-state index contributed by atoms with van der Waals surface area (Å²) >= 11 is 5.94. The number of halogens is 1. The van der Waals surface area contributed by atoms with E-state index in [4.69, 9.17) is 16.6 Å². The highest BCUT2D eigenvalue weighted by atomic mass is 35.5. The Morgan fingerprint density at radius 3 is 2.67 bits per heavy atom. The number of hydrogen-bond acceptors (Lipinski definition) is 2. The minimum Gasteiger partial charge on any atom is -0.357 e. The number of hydrogen-bond donors (Lipinski definition) is 1. The van der Waals surface area contributed by atoms with Crippen LogP contribution in [-0.4, -0.2) is 40.8 Å². The van der Waals surface area contributed by atoms with E-state index >= 15 is 0 Å². The van der Waals surface area contributed by atoms with Gasteiger partial charge in [-0.25, -0.2) is 0 Å². The summed E-state index contributed by atoms with van der Waals surface area (Å²) < 4.78 is 1.84. The van der Waals surface area contributed by atoms with Crippen molar-refractivity contribution < 1.29 is 0 Å². The van der Waals surface area contributed by atoms with Crippen molar-refractivity contribution in [2.45, 2.75) is 26.3 Å². The molecule has 2 aromatic rings. The quantitative estimate of drug-likeness (QED) is 0.475. The summed E-state index contributed by atoms with van der Waals surface area (Å²) in [6.07, 6.45) is 5.98. The molecule has 0 radical (unpaired) electrons. The van der Waals surface area contributed by atoms with E-state index in [0.717, 1.165) is 43.5 Å². The average Bonchev–Trinajstić information content (AvgIpc) is 2.98. The third kappa shape index (κ3) is 5.89. The molecule has 0 atom stereocenters. The molecule has 0 aliphatic heterocycles. The van der Waals surface area contributed by atoms with Crippen molar-refractivity contribution in [2.75, 3.05) is 20.1 Å². The van der Waals surface area contributed by atoms with Crippen LogP contribution in [0.4, 0.5) is 0 Å². The molecule has 0 saturated heterocycles. The van der Waals surface area contributed by atoms with Crippen LogP contribution in [0.25, 0.3) is 0 Å². The maximum atomic E-state index is 5.94. The molecule has 0 aliphatic rings. The average molecular weight is 348 g/mol. The van der Waals surface area contributed by atoms with Crippen LogP contribution in [-0.2, 0) is 20.0 Å². The lowest BCUT2D eigenvalue weighted by molar-refractivity contribution is 0.476. The van der Waals surface area contributed by atoms with Crippen LogP contribution in [0.2, 0.25) is 5.02 Å². The Kier molecular flexibility index (Phi) is 7.12. The van der Waals surface area contributed by atoms with E-state index in [1.54, 1.807) is 0 Å². The molecule has 0 fully saturated rings. The summed E-state index contributed by atoms with van der Waals surface area (Å²) in [6, 6.07) is 7.93. The number of nitrogens with zero attached hydrogens (tertiary/aromatic N) is 4. The Morgan fingerprint density at radius 1 is 1.29 bits per heavy atom. The van der Waals surface area contributed by atoms with Gasteiger partial charge in [0, 0.05) is 44.9 Å². The molecule has 0 saturated carbocycles. The zero-order valence-electron chi connectivity index (χ0n) is 14.7. The van der Waals surface area contributed by atoms with E-state index in [-0.39, 0.29) is 0 Å². The molecule has 0 aliphatic carbocycles. The maximum Gasteiger partial charge on any atom is 0.193 e. The molecule has 2 rings (SSSR count). The first-order valence-electron chi connectivity index (χ1n) is 8.30. The third-order valence-electron chi connectivity index (χ3n) is 3.67. The van der Waals surface area contributed by atoms with E-state index < -0.39 is 0 Å². The summed E-state index contributed by atoms with van der Waals surface area (Å²) in [4.78, 5) is 6.86. The number of aryl methyl sites for hydroxylation is 2. The molecule has 0 unspecified atom stereocenters. The summed E-state index contributed by atoms with van der Waals surface area (Å²) in [5.41, 5.74) is 2.47. The number of aromatic nitrogens is 2. The van der Waals surface area contributed by atoms with E-state index in [1.807, 2.05) is 42.2 Å². The summed E-state index contributed by atoms with van der Waals surface area (Å²) in [6.45, 7) is 4.53. The number of guanidine groups is 1. The first kappa shape index (κ1) is 18.3. The molecule has 1 heterocycles. The zero-order chi connectivity index (χ0) is 17.4. The normalized spacial score (nSPS) is 11.6. The van der Waals surface area contributed by atoms with Crippen molar-refractivity contribution in [3.05, 3.63) is 52.8 Å². The minimum atomic E-state index is 0.761. The molecule has 0 amide bonds. The summed E-state index contributed by atoms with van der Waals surface area (Å²) in [5.74, 6) is 0.929. The SMILES string of the molecule is CCNC(=NCCCc1cnn(C)c1)N(C)Cc1ccc(Cl)cc1. The zero-order valence-corrected chi connectivity index (χ0v) is 15.4. The van der Waals surface area contributed by atoms with Crippen molar-refractivity contribution in [3.8, 4) is 0 Å². The van der Waals surface area contributed by atoms with Gasteiger partial charge in [-0.1, -0.05) is 23.7 Å². The highest BCUT2D eigenvalue weighted by Crippen LogP contribution is 2.11. The molecular weight excluding hydrogens is 322 g/mol. The summed E-state index contributed by atoms with van der Waals surface area (Å²) in [7, 11) is 3.99. The van der Waals surface area contributed by atoms with Crippen LogP contribution in [0.15, 0.2) is 41.7 Å². The van der Waals surface area contributed by atoms with Crippen molar-refractivity contribution in [3.63, 3.8) is 0 Å². The van der Waals surface area contributed by atoms with Gasteiger partial charge in [0.1, 0.15) is 0 Å². The Labute approximate surface area is 149 Å². The molecule has 5 nitrogen and oxygen atoms in total. The van der Waals surface area contributed by atoms with Gasteiger partial charge in [0.15, 0.2) is 5.96 Å². The molecule has 6 heteroatoms. The lowest BCUT2D eigenvalue weighted by atomic mass is 10.2. The van der Waals surface area contributed by atoms with Crippen LogP contribution < -0.4 is 5.32 Å². The highest BCUT2D eigenvalue weighted by molar-refractivity contribution is 6.30. The maximum absolute atomic E-state index is 5.94. The topological polar surface area (TPSA) is 45.5 Å². The van der Waals surface area contributed by atoms with Gasteiger partial charge < -0.3 is 10.2 Å². The van der Waals surface area contributed by atoms with Crippen LogP contribution in [0.1, 0.15) is 24.5 Å². The molecule has 24 heavy (non-hydrogen) atoms. The smallest absolute Gasteiger partial charge is 0.193 e. The second kappa shape index (κ2) is 9.33. The molecule has 130 valence electrons. The molecule has 0 bridgehead atoms. The minimum absolute atomic E-state index is 0.761. The van der Waals surface area contributed by atoms with Gasteiger partial charge in [-0.3, -0.25) is 9.67 Å². The van der Waals surface area contributed by atoms with Gasteiger partial charge in [0.25, 0.3) is 0 Å². The molecular formula is C18H26ClN5. The molecule has 1 aromatic carbocycles. The van der Waals surface area contributed by atoms with Gasteiger partial charge in [0.2, 0.25) is 0 Å². The third-order valence-corrected chi connectivity index (χ3v) is 3.92. The Bertz CT molecular complexity index is 648. The van der Waals surface area contributed by atoms with Crippen LogP contribution >= 0.6 is 11.6 Å². The van der Waals surface area contributed by atoms with Gasteiger partial charge in [0.05, 0.1) is 6.20 Å². The van der Waals surface area contributed by atoms with Gasteiger partial charge in [-0.05, 0) is 43.0 Å². The number of rotatable bonds is 7. The first-order chi connectivity index (χ1) is 11.6. The lowest BCUT2D eigenvalue weighted by Crippen LogP contribution is -2.38. The van der Waals surface area contributed by atoms with E-state index in [1.165, 1.54) is 11.1 Å². The summed E-state index contributed by atoms with van der Waals surface area (Å²) in [5, 5.41) is 8.30. The first-order valence-corrected chi connectivity index (χ1v) is 8.67. The number of aliphatic imine (C=N–C) groups is 1. The lowest BCUT2D eigenvalue weighted by Gasteiger charge is -2.22. The van der Waals surface area contributed by atoms with Crippen molar-refractivity contribution in [1.82, 2.24) is 20.0 Å². The molecule has 1 N–H and O–H groups in total. The Morgan fingerprint density at radius 2 is 2.04 bits per heavy atom. The van der Waals surface area contributed by atoms with Crippen LogP contribution in [0.3, 0.4) is 0 Å². The number of nitrogens with one attached hydrogen (secondary N) is 1. The van der Waals surface area contributed by atoms with Crippen molar-refractivity contribution >= 4 is 17.6 Å². The van der Waals surface area contributed by atoms with E-state index in [9.17, 15) is 0 Å². The monoisotopic (exact) mass is 347 g/mol. The second-order valence-corrected chi connectivity index (χ2v) is 6.28. The fourth-order valence-corrected chi connectivity index (χ4v) is 2.60. The molecule has 1 aromatic heterocycles. The van der Waals surface area contributed by atoms with E-state index in [0.29, 0.717) is 0 Å². The van der Waals surface area contributed by atoms with Crippen LogP contribution in [0, 0.1) is 0 Å². The van der Waals surface area contributed by atoms with Gasteiger partial charge in [-0.2, -0.15) is 5.10 Å². The Balaban J connectivity index is 1.87. The largest absolute Gasteiger partial charge is 0.357 e. The Hall–Kier alpha value is -2.01. The fourth-order valence-electron chi connectivity index (χ4n) is 2.48. The van der Waals surface area contributed by atoms with E-state index in [2.05, 4.69) is 35.5 Å². The van der Waals surface area contributed by atoms with Crippen molar-refractivity contribution in [2.24, 2.45) is 12.0 Å². The van der Waals surface area contributed by atoms with Gasteiger partial charge >= 0.3 is 0 Å². The van der Waals surface area contributed by atoms with Crippen molar-refractivity contribution in [1.29, 1.82) is 0 Å². The predicted octanol–water partition coefficient (Wildman–Crippen LogP) is 3.10. The fraction of sp³-hybridized carbons (Fsp3) is 0.444. The molecule has 0 spiro atoms. The van der Waals surface area contributed by atoms with Gasteiger partial charge in [-0.15, -0.1) is 0 Å². The second-order valence-electron chi connectivity index (χ2n) is 5.84. The standard InChI is InChI=1S/C18H26ClN5/c1-4-20-18(21-11-5-6-16-12-22-24(3)14-16)23(2)13-15-7-9-17(19)10-8-15/h7-10,12,14H,4-6,11,13H2,1-3H3,(H,20,21).